The zero-order chi connectivity index (χ0) is 15.8. The molecule has 2 atom stereocenters. The topological polar surface area (TPSA) is 57.5 Å². The molecule has 0 aromatic carbocycles. The third kappa shape index (κ3) is 4.85. The van der Waals surface area contributed by atoms with Crippen LogP contribution in [0, 0.1) is 5.92 Å². The maximum absolute atomic E-state index is 12.5. The minimum atomic E-state index is -0.751. The van der Waals surface area contributed by atoms with Crippen molar-refractivity contribution in [2.45, 2.75) is 65.4 Å². The van der Waals surface area contributed by atoms with Crippen LogP contribution >= 0.6 is 0 Å². The number of aliphatic hydroxyl groups is 2. The lowest BCUT2D eigenvalue weighted by Crippen LogP contribution is -2.32. The molecule has 0 saturated carbocycles. The second kappa shape index (κ2) is 8.83. The predicted molar refractivity (Wildman–Crippen MR) is 86.1 cm³/mol. The van der Waals surface area contributed by atoms with E-state index in [9.17, 15) is 15.0 Å². The SMILES string of the molecule is CCCCCC1=C[C@H](O)C(C/C=C(\C)CC)C(=O)C1=CO. The molecule has 0 radical (unpaired) electrons. The van der Waals surface area contributed by atoms with Crippen molar-refractivity contribution in [3.05, 3.63) is 35.1 Å². The summed E-state index contributed by atoms with van der Waals surface area (Å²) in [6.45, 7) is 6.21. The van der Waals surface area contributed by atoms with Gasteiger partial charge in [0.05, 0.1) is 23.9 Å². The summed E-state index contributed by atoms with van der Waals surface area (Å²) in [5.74, 6) is -0.612. The lowest BCUT2D eigenvalue weighted by molar-refractivity contribution is -0.121. The number of allylic oxidation sites excluding steroid dienone is 4. The zero-order valence-electron chi connectivity index (χ0n) is 13.4. The van der Waals surface area contributed by atoms with Gasteiger partial charge in [-0.05, 0) is 38.2 Å². The molecule has 0 aromatic heterocycles. The monoisotopic (exact) mass is 292 g/mol. The smallest absolute Gasteiger partial charge is 0.172 e. The Morgan fingerprint density at radius 3 is 2.62 bits per heavy atom. The van der Waals surface area contributed by atoms with E-state index in [0.717, 1.165) is 43.9 Å². The van der Waals surface area contributed by atoms with Gasteiger partial charge in [-0.1, -0.05) is 44.4 Å². The molecule has 2 N–H and O–H groups in total. The maximum Gasteiger partial charge on any atom is 0.172 e. The van der Waals surface area contributed by atoms with Crippen LogP contribution < -0.4 is 0 Å². The first-order valence-corrected chi connectivity index (χ1v) is 7.98. The Bertz CT molecular complexity index is 443. The first kappa shape index (κ1) is 17.7. The molecule has 1 unspecified atom stereocenters. The van der Waals surface area contributed by atoms with E-state index in [1.165, 1.54) is 5.57 Å². The highest BCUT2D eigenvalue weighted by Crippen LogP contribution is 2.31. The Morgan fingerprint density at radius 1 is 1.33 bits per heavy atom. The van der Waals surface area contributed by atoms with E-state index in [1.54, 1.807) is 6.08 Å². The van der Waals surface area contributed by atoms with Crippen molar-refractivity contribution in [3.8, 4) is 0 Å². The summed E-state index contributed by atoms with van der Waals surface area (Å²) in [5.41, 5.74) is 2.38. The second-order valence-electron chi connectivity index (χ2n) is 5.79. The summed E-state index contributed by atoms with van der Waals surface area (Å²) in [6, 6.07) is 0. The summed E-state index contributed by atoms with van der Waals surface area (Å²) >= 11 is 0. The van der Waals surface area contributed by atoms with Crippen LogP contribution in [0.2, 0.25) is 0 Å². The lowest BCUT2D eigenvalue weighted by Gasteiger charge is -2.26. The number of Topliss-reactive ketones (excluding diaryl/α,β-unsaturated/α-hetero) is 1. The van der Waals surface area contributed by atoms with Crippen molar-refractivity contribution in [2.24, 2.45) is 5.92 Å². The van der Waals surface area contributed by atoms with Crippen LogP contribution in [-0.2, 0) is 4.79 Å². The van der Waals surface area contributed by atoms with E-state index >= 15 is 0 Å². The fraction of sp³-hybridized carbons (Fsp3) is 0.611. The Balaban J connectivity index is 2.86. The van der Waals surface area contributed by atoms with Crippen molar-refractivity contribution >= 4 is 5.78 Å². The van der Waals surface area contributed by atoms with Gasteiger partial charge in [-0.3, -0.25) is 4.79 Å². The number of hydrogen-bond acceptors (Lipinski definition) is 3. The van der Waals surface area contributed by atoms with Gasteiger partial charge in [-0.25, -0.2) is 0 Å². The van der Waals surface area contributed by atoms with E-state index in [1.807, 2.05) is 13.0 Å². The molecule has 0 amide bonds. The van der Waals surface area contributed by atoms with Crippen molar-refractivity contribution in [2.75, 3.05) is 0 Å². The number of carbonyl (C=O) groups excluding carboxylic acids is 1. The Kier molecular flexibility index (Phi) is 7.44. The van der Waals surface area contributed by atoms with Gasteiger partial charge >= 0.3 is 0 Å². The van der Waals surface area contributed by atoms with Crippen LogP contribution in [0.4, 0.5) is 0 Å². The molecule has 3 heteroatoms. The van der Waals surface area contributed by atoms with Crippen molar-refractivity contribution in [1.82, 2.24) is 0 Å². The Hall–Kier alpha value is -1.35. The second-order valence-corrected chi connectivity index (χ2v) is 5.79. The molecule has 118 valence electrons. The number of aliphatic hydroxyl groups excluding tert-OH is 2. The molecule has 1 aliphatic carbocycles. The number of hydrogen-bond donors (Lipinski definition) is 2. The largest absolute Gasteiger partial charge is 0.515 e. The van der Waals surface area contributed by atoms with E-state index in [4.69, 9.17) is 0 Å². The van der Waals surface area contributed by atoms with Crippen LogP contribution in [0.5, 0.6) is 0 Å². The number of rotatable bonds is 7. The molecule has 3 nitrogen and oxygen atoms in total. The van der Waals surface area contributed by atoms with E-state index in [-0.39, 0.29) is 5.78 Å². The minimum Gasteiger partial charge on any atom is -0.515 e. The highest BCUT2D eigenvalue weighted by Gasteiger charge is 2.33. The van der Waals surface area contributed by atoms with Gasteiger partial charge in [0.15, 0.2) is 5.78 Å². The number of ketones is 1. The average Bonchev–Trinajstić information content (AvgIpc) is 2.47. The fourth-order valence-corrected chi connectivity index (χ4v) is 2.57. The molecule has 1 aliphatic rings. The molecular formula is C18H28O3. The van der Waals surface area contributed by atoms with Gasteiger partial charge in [0, 0.05) is 0 Å². The molecule has 1 rings (SSSR count). The van der Waals surface area contributed by atoms with E-state index in [0.29, 0.717) is 12.0 Å². The van der Waals surface area contributed by atoms with Crippen LogP contribution in [0.15, 0.2) is 35.1 Å². The van der Waals surface area contributed by atoms with Crippen molar-refractivity contribution < 1.29 is 15.0 Å². The molecule has 0 aliphatic heterocycles. The average molecular weight is 292 g/mol. The van der Waals surface area contributed by atoms with Crippen LogP contribution in [0.1, 0.15) is 59.3 Å². The van der Waals surface area contributed by atoms with Crippen molar-refractivity contribution in [3.63, 3.8) is 0 Å². The first-order valence-electron chi connectivity index (χ1n) is 7.98. The third-order valence-electron chi connectivity index (χ3n) is 4.19. The first-order chi connectivity index (χ1) is 10.0. The quantitative estimate of drug-likeness (QED) is 0.319. The molecule has 0 aromatic rings. The van der Waals surface area contributed by atoms with Gasteiger partial charge in [-0.2, -0.15) is 0 Å². The van der Waals surface area contributed by atoms with Gasteiger partial charge in [-0.15, -0.1) is 0 Å². The molecule has 0 bridgehead atoms. The van der Waals surface area contributed by atoms with E-state index in [2.05, 4.69) is 13.8 Å². The highest BCUT2D eigenvalue weighted by molar-refractivity contribution is 6.02. The molecule has 0 saturated heterocycles. The minimum absolute atomic E-state index is 0.140. The van der Waals surface area contributed by atoms with E-state index < -0.39 is 12.0 Å². The van der Waals surface area contributed by atoms with Gasteiger partial charge in [0.1, 0.15) is 0 Å². The third-order valence-corrected chi connectivity index (χ3v) is 4.19. The highest BCUT2D eigenvalue weighted by atomic mass is 16.3. The molecule has 0 heterocycles. The standard InChI is InChI=1S/C18H28O3/c1-4-6-7-8-14-11-17(20)15(10-9-13(3)5-2)18(21)16(14)12-19/h9,11-12,15,17,19-20H,4-8,10H2,1-3H3/b13-9+,16-12?/t15?,17-/m0/s1. The van der Waals surface area contributed by atoms with Crippen LogP contribution in [0.25, 0.3) is 0 Å². The summed E-state index contributed by atoms with van der Waals surface area (Å²) < 4.78 is 0. The molecule has 21 heavy (non-hydrogen) atoms. The summed E-state index contributed by atoms with van der Waals surface area (Å²) in [7, 11) is 0. The summed E-state index contributed by atoms with van der Waals surface area (Å²) in [6.07, 6.45) is 9.28. The van der Waals surface area contributed by atoms with Gasteiger partial charge < -0.3 is 10.2 Å². The number of carbonyl (C=O) groups is 1. The van der Waals surface area contributed by atoms with Gasteiger partial charge in [0.2, 0.25) is 0 Å². The predicted octanol–water partition coefficient (Wildman–Crippen LogP) is 4.24. The maximum atomic E-state index is 12.5. The zero-order valence-corrected chi connectivity index (χ0v) is 13.4. The lowest BCUT2D eigenvalue weighted by atomic mass is 9.79. The van der Waals surface area contributed by atoms with Crippen LogP contribution in [-0.4, -0.2) is 22.1 Å². The Labute approximate surface area is 128 Å². The van der Waals surface area contributed by atoms with Crippen LogP contribution in [0.3, 0.4) is 0 Å². The van der Waals surface area contributed by atoms with Crippen molar-refractivity contribution in [1.29, 1.82) is 0 Å². The Morgan fingerprint density at radius 2 is 2.05 bits per heavy atom. The molecular weight excluding hydrogens is 264 g/mol. The normalized spacial score (nSPS) is 25.3. The molecule has 0 fully saturated rings. The van der Waals surface area contributed by atoms with Gasteiger partial charge in [0.25, 0.3) is 0 Å². The summed E-state index contributed by atoms with van der Waals surface area (Å²) in [5, 5.41) is 19.6. The number of unbranched alkanes of at least 4 members (excludes halogenated alkanes) is 2. The molecule has 0 spiro atoms. The summed E-state index contributed by atoms with van der Waals surface area (Å²) in [4.78, 5) is 12.5. The fourth-order valence-electron chi connectivity index (χ4n) is 2.57.